The minimum Gasteiger partial charge on any atom is -0.397 e. The van der Waals surface area contributed by atoms with E-state index in [4.69, 9.17) is 5.11 Å². The van der Waals surface area contributed by atoms with Gasteiger partial charge in [0.15, 0.2) is 0 Å². The van der Waals surface area contributed by atoms with Gasteiger partial charge < -0.3 is 5.11 Å². The highest BCUT2D eigenvalue weighted by Crippen LogP contribution is 2.47. The molecule has 1 N–H and O–H groups in total. The molecule has 0 aromatic carbocycles. The standard InChI is InChI=1S/C13H22.C2H6O/c1-9-7-8-12-10(2)5-4-6-13(12)11(9)3;1-2-3/h10-13H,1,4-8H2,2-3H3;3H,2H2,1H3. The number of aliphatic hydroxyl groups excluding tert-OH is 1. The first-order chi connectivity index (χ1) is 7.61. The number of aliphatic hydroxyl groups is 1. The second-order valence-corrected chi connectivity index (χ2v) is 5.54. The zero-order valence-electron chi connectivity index (χ0n) is 11.2. The van der Waals surface area contributed by atoms with E-state index >= 15 is 0 Å². The van der Waals surface area contributed by atoms with Crippen LogP contribution in [-0.2, 0) is 0 Å². The lowest BCUT2D eigenvalue weighted by atomic mass is 9.61. The van der Waals surface area contributed by atoms with Crippen molar-refractivity contribution >= 4 is 0 Å². The molecule has 0 spiro atoms. The van der Waals surface area contributed by atoms with Crippen LogP contribution >= 0.6 is 0 Å². The molecule has 2 rings (SSSR count). The van der Waals surface area contributed by atoms with Crippen LogP contribution < -0.4 is 0 Å². The molecule has 0 heterocycles. The fraction of sp³-hybridized carbons (Fsp3) is 0.867. The van der Waals surface area contributed by atoms with E-state index in [0.29, 0.717) is 0 Å². The molecule has 2 aliphatic carbocycles. The van der Waals surface area contributed by atoms with Gasteiger partial charge in [-0.25, -0.2) is 0 Å². The molecule has 4 atom stereocenters. The van der Waals surface area contributed by atoms with E-state index in [1.54, 1.807) is 6.92 Å². The van der Waals surface area contributed by atoms with Crippen LogP contribution in [0.15, 0.2) is 12.2 Å². The summed E-state index contributed by atoms with van der Waals surface area (Å²) < 4.78 is 0. The van der Waals surface area contributed by atoms with Crippen molar-refractivity contribution in [2.45, 2.75) is 52.9 Å². The van der Waals surface area contributed by atoms with E-state index in [0.717, 1.165) is 23.7 Å². The van der Waals surface area contributed by atoms with Crippen molar-refractivity contribution in [1.82, 2.24) is 0 Å². The van der Waals surface area contributed by atoms with Gasteiger partial charge in [0.2, 0.25) is 0 Å². The van der Waals surface area contributed by atoms with Crippen LogP contribution in [0.3, 0.4) is 0 Å². The second kappa shape index (κ2) is 6.44. The number of allylic oxidation sites excluding steroid dienone is 1. The van der Waals surface area contributed by atoms with Crippen molar-refractivity contribution in [3.05, 3.63) is 12.2 Å². The third-order valence-electron chi connectivity index (χ3n) is 4.56. The van der Waals surface area contributed by atoms with Crippen molar-refractivity contribution in [3.63, 3.8) is 0 Å². The Morgan fingerprint density at radius 2 is 1.81 bits per heavy atom. The van der Waals surface area contributed by atoms with Gasteiger partial charge in [-0.1, -0.05) is 38.8 Å². The number of hydrogen-bond acceptors (Lipinski definition) is 1. The lowest BCUT2D eigenvalue weighted by Gasteiger charge is -2.44. The molecule has 0 aliphatic heterocycles. The van der Waals surface area contributed by atoms with Crippen molar-refractivity contribution in [2.24, 2.45) is 23.7 Å². The Kier molecular flexibility index (Phi) is 5.54. The minimum atomic E-state index is 0.250. The number of hydrogen-bond donors (Lipinski definition) is 1. The minimum absolute atomic E-state index is 0.250. The summed E-state index contributed by atoms with van der Waals surface area (Å²) in [6.07, 6.45) is 7.12. The fourth-order valence-corrected chi connectivity index (χ4v) is 3.53. The van der Waals surface area contributed by atoms with Gasteiger partial charge in [0, 0.05) is 6.61 Å². The van der Waals surface area contributed by atoms with Crippen molar-refractivity contribution < 1.29 is 5.11 Å². The van der Waals surface area contributed by atoms with Crippen molar-refractivity contribution in [2.75, 3.05) is 6.61 Å². The molecule has 2 saturated carbocycles. The van der Waals surface area contributed by atoms with Gasteiger partial charge in [-0.3, -0.25) is 0 Å². The molecule has 4 unspecified atom stereocenters. The third kappa shape index (κ3) is 3.10. The molecule has 16 heavy (non-hydrogen) atoms. The van der Waals surface area contributed by atoms with Gasteiger partial charge in [0.25, 0.3) is 0 Å². The lowest BCUT2D eigenvalue weighted by molar-refractivity contribution is 0.0990. The molecule has 2 fully saturated rings. The van der Waals surface area contributed by atoms with Gasteiger partial charge in [-0.05, 0) is 49.9 Å². The molecule has 0 amide bonds. The Morgan fingerprint density at radius 1 is 1.19 bits per heavy atom. The first-order valence-corrected chi connectivity index (χ1v) is 6.90. The first-order valence-electron chi connectivity index (χ1n) is 6.90. The smallest absolute Gasteiger partial charge is 0.0402 e. The maximum Gasteiger partial charge on any atom is 0.0402 e. The van der Waals surface area contributed by atoms with E-state index in [2.05, 4.69) is 20.4 Å². The predicted molar refractivity (Wildman–Crippen MR) is 70.3 cm³/mol. The van der Waals surface area contributed by atoms with Crippen LogP contribution in [0.4, 0.5) is 0 Å². The molecule has 1 heteroatoms. The Hall–Kier alpha value is -0.300. The zero-order valence-corrected chi connectivity index (χ0v) is 11.2. The van der Waals surface area contributed by atoms with Gasteiger partial charge in [0.05, 0.1) is 0 Å². The van der Waals surface area contributed by atoms with E-state index < -0.39 is 0 Å². The quantitative estimate of drug-likeness (QED) is 0.616. The summed E-state index contributed by atoms with van der Waals surface area (Å²) in [5.74, 6) is 3.79. The largest absolute Gasteiger partial charge is 0.397 e. The van der Waals surface area contributed by atoms with E-state index in [1.165, 1.54) is 37.7 Å². The zero-order chi connectivity index (χ0) is 12.1. The Balaban J connectivity index is 0.000000386. The summed E-state index contributed by atoms with van der Waals surface area (Å²) in [4.78, 5) is 0. The highest BCUT2D eigenvalue weighted by Gasteiger charge is 2.37. The summed E-state index contributed by atoms with van der Waals surface area (Å²) in [6.45, 7) is 11.0. The summed E-state index contributed by atoms with van der Waals surface area (Å²) >= 11 is 0. The second-order valence-electron chi connectivity index (χ2n) is 5.54. The molecule has 1 nitrogen and oxygen atoms in total. The van der Waals surface area contributed by atoms with Gasteiger partial charge in [0.1, 0.15) is 0 Å². The Bertz CT molecular complexity index is 221. The third-order valence-corrected chi connectivity index (χ3v) is 4.56. The van der Waals surface area contributed by atoms with Crippen LogP contribution in [0.1, 0.15) is 52.9 Å². The lowest BCUT2D eigenvalue weighted by Crippen LogP contribution is -2.35. The predicted octanol–water partition coefficient (Wildman–Crippen LogP) is 4.02. The van der Waals surface area contributed by atoms with Crippen LogP contribution in [0, 0.1) is 23.7 Å². The number of fused-ring (bicyclic) bond motifs is 1. The van der Waals surface area contributed by atoms with Crippen molar-refractivity contribution in [1.29, 1.82) is 0 Å². The monoisotopic (exact) mass is 224 g/mol. The molecule has 0 aromatic heterocycles. The van der Waals surface area contributed by atoms with Gasteiger partial charge in [-0.2, -0.15) is 0 Å². The molecular formula is C15H28O. The summed E-state index contributed by atoms with van der Waals surface area (Å²) in [6, 6.07) is 0. The molecule has 0 saturated heterocycles. The maximum atomic E-state index is 7.57. The van der Waals surface area contributed by atoms with Crippen LogP contribution in [0.2, 0.25) is 0 Å². The SMILES string of the molecule is C=C1CCC2C(C)CCCC2C1C.CCO. The average Bonchev–Trinajstić information content (AvgIpc) is 2.25. The summed E-state index contributed by atoms with van der Waals surface area (Å²) in [5.41, 5.74) is 1.52. The number of rotatable bonds is 0. The van der Waals surface area contributed by atoms with E-state index in [9.17, 15) is 0 Å². The van der Waals surface area contributed by atoms with Gasteiger partial charge >= 0.3 is 0 Å². The summed E-state index contributed by atoms with van der Waals surface area (Å²) in [7, 11) is 0. The maximum absolute atomic E-state index is 7.57. The Labute approximate surface area is 101 Å². The van der Waals surface area contributed by atoms with Crippen LogP contribution in [-0.4, -0.2) is 11.7 Å². The first kappa shape index (κ1) is 13.8. The molecule has 0 aromatic rings. The van der Waals surface area contributed by atoms with Crippen LogP contribution in [0.5, 0.6) is 0 Å². The highest BCUT2D eigenvalue weighted by atomic mass is 16.2. The topological polar surface area (TPSA) is 20.2 Å². The summed E-state index contributed by atoms with van der Waals surface area (Å²) in [5, 5.41) is 7.57. The highest BCUT2D eigenvalue weighted by molar-refractivity contribution is 5.07. The molecule has 94 valence electrons. The van der Waals surface area contributed by atoms with E-state index in [-0.39, 0.29) is 6.61 Å². The molecule has 0 radical (unpaired) electrons. The van der Waals surface area contributed by atoms with Crippen molar-refractivity contribution in [3.8, 4) is 0 Å². The average molecular weight is 224 g/mol. The van der Waals surface area contributed by atoms with E-state index in [1.807, 2.05) is 0 Å². The molecule has 2 aliphatic rings. The molecular weight excluding hydrogens is 196 g/mol. The van der Waals surface area contributed by atoms with Crippen LogP contribution in [0.25, 0.3) is 0 Å². The normalized spacial score (nSPS) is 38.4. The molecule has 0 bridgehead atoms. The fourth-order valence-electron chi connectivity index (χ4n) is 3.53. The van der Waals surface area contributed by atoms with Gasteiger partial charge in [-0.15, -0.1) is 0 Å². The Morgan fingerprint density at radius 3 is 2.44 bits per heavy atom.